The van der Waals surface area contributed by atoms with Crippen molar-refractivity contribution < 1.29 is 9.53 Å². The van der Waals surface area contributed by atoms with Gasteiger partial charge in [-0.2, -0.15) is 0 Å². The molecule has 100 valence electrons. The maximum Gasteiger partial charge on any atom is 0.323 e. The molecule has 3 heteroatoms. The molecular weight excluding hydrogens is 214 g/mol. The molecule has 0 aromatic heterocycles. The Bertz CT molecular complexity index is 234. The molecule has 1 saturated carbocycles. The Morgan fingerprint density at radius 2 is 1.94 bits per heavy atom. The minimum atomic E-state index is -0.122. The first-order valence-electron chi connectivity index (χ1n) is 7.05. The molecule has 1 rings (SSSR count). The number of rotatable bonds is 6. The van der Waals surface area contributed by atoms with E-state index < -0.39 is 0 Å². The predicted octanol–water partition coefficient (Wildman–Crippen LogP) is 3.03. The summed E-state index contributed by atoms with van der Waals surface area (Å²) in [5.74, 6) is -0.0823. The van der Waals surface area contributed by atoms with Crippen LogP contribution >= 0.6 is 0 Å². The molecule has 0 saturated heterocycles. The second kappa shape index (κ2) is 7.00. The summed E-state index contributed by atoms with van der Waals surface area (Å²) in [4.78, 5) is 11.9. The Morgan fingerprint density at radius 1 is 1.29 bits per heavy atom. The molecule has 0 amide bonds. The minimum Gasteiger partial charge on any atom is -0.465 e. The van der Waals surface area contributed by atoms with Crippen molar-refractivity contribution in [3.8, 4) is 0 Å². The zero-order valence-electron chi connectivity index (χ0n) is 11.6. The highest BCUT2D eigenvalue weighted by atomic mass is 16.5. The minimum absolute atomic E-state index is 0.0823. The standard InChI is InChI=1S/C14H27NO2/c1-4-9-12(13(16)17-5-2)15-14(3)10-7-6-8-11-14/h12,15H,4-11H2,1-3H3. The van der Waals surface area contributed by atoms with E-state index in [4.69, 9.17) is 4.74 Å². The van der Waals surface area contributed by atoms with E-state index in [1.54, 1.807) is 0 Å². The monoisotopic (exact) mass is 241 g/mol. The molecule has 0 heterocycles. The first-order chi connectivity index (χ1) is 8.11. The van der Waals surface area contributed by atoms with Gasteiger partial charge in [-0.3, -0.25) is 10.1 Å². The van der Waals surface area contributed by atoms with Gasteiger partial charge in [0.05, 0.1) is 6.61 Å². The molecule has 0 aromatic rings. The molecule has 1 aliphatic carbocycles. The molecule has 1 N–H and O–H groups in total. The molecule has 0 bridgehead atoms. The highest BCUT2D eigenvalue weighted by Crippen LogP contribution is 2.28. The van der Waals surface area contributed by atoms with Crippen LogP contribution < -0.4 is 5.32 Å². The summed E-state index contributed by atoms with van der Waals surface area (Å²) in [5, 5.41) is 3.54. The van der Waals surface area contributed by atoms with Crippen molar-refractivity contribution in [3.05, 3.63) is 0 Å². The van der Waals surface area contributed by atoms with Crippen LogP contribution in [0.15, 0.2) is 0 Å². The van der Waals surface area contributed by atoms with Gasteiger partial charge in [0.2, 0.25) is 0 Å². The molecule has 0 radical (unpaired) electrons. The lowest BCUT2D eigenvalue weighted by Crippen LogP contribution is -2.52. The molecule has 0 aliphatic heterocycles. The van der Waals surface area contributed by atoms with E-state index in [0.717, 1.165) is 12.8 Å². The average molecular weight is 241 g/mol. The first kappa shape index (κ1) is 14.5. The lowest BCUT2D eigenvalue weighted by molar-refractivity contribution is -0.146. The normalized spacial score (nSPS) is 20.9. The van der Waals surface area contributed by atoms with E-state index >= 15 is 0 Å². The van der Waals surface area contributed by atoms with Gasteiger partial charge in [0.15, 0.2) is 0 Å². The summed E-state index contributed by atoms with van der Waals surface area (Å²) in [5.41, 5.74) is 0.130. The number of ether oxygens (including phenoxy) is 1. The fourth-order valence-electron chi connectivity index (χ4n) is 2.68. The fraction of sp³-hybridized carbons (Fsp3) is 0.929. The lowest BCUT2D eigenvalue weighted by atomic mass is 9.82. The van der Waals surface area contributed by atoms with Crippen molar-refractivity contribution in [2.24, 2.45) is 0 Å². The molecule has 0 spiro atoms. The van der Waals surface area contributed by atoms with Crippen LogP contribution in [-0.4, -0.2) is 24.2 Å². The predicted molar refractivity (Wildman–Crippen MR) is 70.0 cm³/mol. The molecule has 0 aromatic carbocycles. The fourth-order valence-corrected chi connectivity index (χ4v) is 2.68. The molecule has 1 unspecified atom stereocenters. The molecule has 1 fully saturated rings. The maximum atomic E-state index is 11.9. The van der Waals surface area contributed by atoms with E-state index in [1.807, 2.05) is 6.92 Å². The quantitative estimate of drug-likeness (QED) is 0.726. The zero-order valence-corrected chi connectivity index (χ0v) is 11.6. The first-order valence-corrected chi connectivity index (χ1v) is 7.05. The summed E-state index contributed by atoms with van der Waals surface area (Å²) >= 11 is 0. The van der Waals surface area contributed by atoms with Crippen LogP contribution in [0.2, 0.25) is 0 Å². The number of esters is 1. The lowest BCUT2D eigenvalue weighted by Gasteiger charge is -2.37. The number of nitrogens with one attached hydrogen (secondary N) is 1. The SMILES string of the molecule is CCCC(NC1(C)CCCCC1)C(=O)OCC. The van der Waals surface area contributed by atoms with Gasteiger partial charge in [-0.25, -0.2) is 0 Å². The van der Waals surface area contributed by atoms with Crippen LogP contribution in [0.4, 0.5) is 0 Å². The number of hydrogen-bond donors (Lipinski definition) is 1. The summed E-state index contributed by atoms with van der Waals surface area (Å²) in [6, 6.07) is -0.122. The van der Waals surface area contributed by atoms with Crippen molar-refractivity contribution in [2.45, 2.75) is 77.3 Å². The molecule has 17 heavy (non-hydrogen) atoms. The van der Waals surface area contributed by atoms with Crippen LogP contribution in [-0.2, 0) is 9.53 Å². The second-order valence-electron chi connectivity index (χ2n) is 5.36. The van der Waals surface area contributed by atoms with Gasteiger partial charge in [-0.1, -0.05) is 32.6 Å². The van der Waals surface area contributed by atoms with E-state index in [1.165, 1.54) is 32.1 Å². The van der Waals surface area contributed by atoms with Gasteiger partial charge in [0.1, 0.15) is 6.04 Å². The van der Waals surface area contributed by atoms with Crippen LogP contribution in [0.1, 0.15) is 65.7 Å². The summed E-state index contributed by atoms with van der Waals surface area (Å²) in [6.07, 6.45) is 8.09. The Kier molecular flexibility index (Phi) is 5.96. The van der Waals surface area contributed by atoms with E-state index in [0.29, 0.717) is 6.61 Å². The number of hydrogen-bond acceptors (Lipinski definition) is 3. The molecular formula is C14H27NO2. The van der Waals surface area contributed by atoms with Gasteiger partial charge in [0.25, 0.3) is 0 Å². The third-order valence-electron chi connectivity index (χ3n) is 3.63. The van der Waals surface area contributed by atoms with Crippen molar-refractivity contribution in [1.29, 1.82) is 0 Å². The van der Waals surface area contributed by atoms with Crippen molar-refractivity contribution >= 4 is 5.97 Å². The molecule has 1 aliphatic rings. The Labute approximate surface area is 105 Å². The summed E-state index contributed by atoms with van der Waals surface area (Å²) in [7, 11) is 0. The Morgan fingerprint density at radius 3 is 2.47 bits per heavy atom. The maximum absolute atomic E-state index is 11.9. The summed E-state index contributed by atoms with van der Waals surface area (Å²) < 4.78 is 5.14. The van der Waals surface area contributed by atoms with Gasteiger partial charge in [-0.05, 0) is 33.1 Å². The van der Waals surface area contributed by atoms with Crippen LogP contribution in [0, 0.1) is 0 Å². The second-order valence-corrected chi connectivity index (χ2v) is 5.36. The smallest absolute Gasteiger partial charge is 0.323 e. The third-order valence-corrected chi connectivity index (χ3v) is 3.63. The van der Waals surface area contributed by atoms with Crippen LogP contribution in [0.5, 0.6) is 0 Å². The van der Waals surface area contributed by atoms with E-state index in [-0.39, 0.29) is 17.6 Å². The highest BCUT2D eigenvalue weighted by Gasteiger charge is 2.31. The van der Waals surface area contributed by atoms with Gasteiger partial charge < -0.3 is 4.74 Å². The molecule has 3 nitrogen and oxygen atoms in total. The Balaban J connectivity index is 2.55. The number of carbonyl (C=O) groups is 1. The van der Waals surface area contributed by atoms with Crippen molar-refractivity contribution in [3.63, 3.8) is 0 Å². The van der Waals surface area contributed by atoms with Gasteiger partial charge in [-0.15, -0.1) is 0 Å². The molecule has 1 atom stereocenters. The van der Waals surface area contributed by atoms with Crippen LogP contribution in [0.3, 0.4) is 0 Å². The van der Waals surface area contributed by atoms with Gasteiger partial charge >= 0.3 is 5.97 Å². The number of carbonyl (C=O) groups excluding carboxylic acids is 1. The van der Waals surface area contributed by atoms with Crippen molar-refractivity contribution in [2.75, 3.05) is 6.61 Å². The Hall–Kier alpha value is -0.570. The summed E-state index contributed by atoms with van der Waals surface area (Å²) in [6.45, 7) is 6.69. The average Bonchev–Trinajstić information content (AvgIpc) is 2.29. The van der Waals surface area contributed by atoms with Gasteiger partial charge in [0, 0.05) is 5.54 Å². The van der Waals surface area contributed by atoms with Crippen molar-refractivity contribution in [1.82, 2.24) is 5.32 Å². The zero-order chi connectivity index (χ0) is 12.7. The largest absolute Gasteiger partial charge is 0.465 e. The van der Waals surface area contributed by atoms with Crippen LogP contribution in [0.25, 0.3) is 0 Å². The topological polar surface area (TPSA) is 38.3 Å². The third kappa shape index (κ3) is 4.66. The van der Waals surface area contributed by atoms with E-state index in [9.17, 15) is 4.79 Å². The van der Waals surface area contributed by atoms with E-state index in [2.05, 4.69) is 19.2 Å². The highest BCUT2D eigenvalue weighted by molar-refractivity contribution is 5.75.